The fourth-order valence-corrected chi connectivity index (χ4v) is 4.32. The normalized spacial score (nSPS) is 10.5. The molecule has 0 saturated carbocycles. The Hall–Kier alpha value is -4.13. The zero-order valence-corrected chi connectivity index (χ0v) is 18.6. The summed E-state index contributed by atoms with van der Waals surface area (Å²) in [6.07, 6.45) is 8.38. The molecule has 0 radical (unpaired) electrons. The van der Waals surface area contributed by atoms with Crippen molar-refractivity contribution in [3.05, 3.63) is 90.6 Å². The van der Waals surface area contributed by atoms with Crippen molar-refractivity contribution in [2.24, 2.45) is 0 Å². The fraction of sp³-hybridized carbons (Fsp3) is 0. The van der Waals surface area contributed by atoms with E-state index in [0.717, 1.165) is 26.8 Å². The van der Waals surface area contributed by atoms with Crippen LogP contribution in [-0.2, 0) is 0 Å². The first-order valence-electron chi connectivity index (χ1n) is 9.78. The van der Waals surface area contributed by atoms with Gasteiger partial charge in [0.25, 0.3) is 0 Å². The molecule has 9 heteroatoms. The van der Waals surface area contributed by atoms with Crippen LogP contribution in [0.15, 0.2) is 94.3 Å². The first-order valence-corrected chi connectivity index (χ1v) is 11.5. The van der Waals surface area contributed by atoms with Crippen molar-refractivity contribution in [2.45, 2.75) is 4.90 Å². The highest BCUT2D eigenvalue weighted by molar-refractivity contribution is 8.00. The van der Waals surface area contributed by atoms with Gasteiger partial charge >= 0.3 is 0 Å². The number of ether oxygens (including phenoxy) is 1. The van der Waals surface area contributed by atoms with Gasteiger partial charge in [-0.2, -0.15) is 5.26 Å². The van der Waals surface area contributed by atoms with Crippen LogP contribution in [0.5, 0.6) is 11.5 Å². The van der Waals surface area contributed by atoms with Crippen LogP contribution >= 0.6 is 23.3 Å². The average Bonchev–Trinajstić information content (AvgIpc) is 3.59. The molecule has 0 unspecified atom stereocenters. The van der Waals surface area contributed by atoms with E-state index >= 15 is 0 Å². The lowest BCUT2D eigenvalue weighted by atomic mass is 10.1. The van der Waals surface area contributed by atoms with Gasteiger partial charge in [0.15, 0.2) is 10.9 Å². The number of aromatic nitrogens is 3. The summed E-state index contributed by atoms with van der Waals surface area (Å²) in [7, 11) is 0. The van der Waals surface area contributed by atoms with Gasteiger partial charge in [-0.1, -0.05) is 0 Å². The van der Waals surface area contributed by atoms with Crippen molar-refractivity contribution in [3.63, 3.8) is 0 Å². The Kier molecular flexibility index (Phi) is 6.01. The van der Waals surface area contributed by atoms with Crippen LogP contribution in [-0.4, -0.2) is 15.0 Å². The molecule has 1 N–H and O–H groups in total. The Morgan fingerprint density at radius 1 is 1.00 bits per heavy atom. The zero-order valence-electron chi connectivity index (χ0n) is 17.0. The minimum atomic E-state index is 0.414. The van der Waals surface area contributed by atoms with E-state index in [-0.39, 0.29) is 0 Å². The summed E-state index contributed by atoms with van der Waals surface area (Å²) >= 11 is 2.89. The van der Waals surface area contributed by atoms with E-state index in [1.54, 1.807) is 43.2 Å². The maximum Gasteiger partial charge on any atom is 0.192 e. The van der Waals surface area contributed by atoms with E-state index in [0.29, 0.717) is 22.8 Å². The van der Waals surface area contributed by atoms with Gasteiger partial charge in [0.05, 0.1) is 23.8 Å². The maximum absolute atomic E-state index is 9.71. The second kappa shape index (κ2) is 9.56. The van der Waals surface area contributed by atoms with Gasteiger partial charge in [-0.05, 0) is 60.5 Å². The van der Waals surface area contributed by atoms with Gasteiger partial charge in [-0.15, -0.1) is 11.3 Å². The number of rotatable bonds is 7. The molecule has 0 aliphatic heterocycles. The molecule has 4 heterocycles. The molecule has 0 aliphatic carbocycles. The first kappa shape index (κ1) is 20.8. The zero-order chi connectivity index (χ0) is 22.5. The summed E-state index contributed by atoms with van der Waals surface area (Å²) in [5.74, 6) is 0.964. The largest absolute Gasteiger partial charge is 0.472 e. The Morgan fingerprint density at radius 3 is 2.64 bits per heavy atom. The Bertz CT molecular complexity index is 1400. The molecule has 0 saturated heterocycles. The van der Waals surface area contributed by atoms with Crippen LogP contribution in [0.1, 0.15) is 5.56 Å². The molecule has 0 amide bonds. The molecule has 0 fully saturated rings. The Morgan fingerprint density at radius 2 is 1.88 bits per heavy atom. The molecule has 4 aromatic heterocycles. The van der Waals surface area contributed by atoms with Crippen molar-refractivity contribution in [3.8, 4) is 40.1 Å². The quantitative estimate of drug-likeness (QED) is 0.265. The number of benzene rings is 1. The van der Waals surface area contributed by atoms with Gasteiger partial charge in [0, 0.05) is 40.0 Å². The highest BCUT2D eigenvalue weighted by Crippen LogP contribution is 2.36. The van der Waals surface area contributed by atoms with E-state index in [4.69, 9.17) is 14.1 Å². The van der Waals surface area contributed by atoms with Crippen LogP contribution in [0, 0.1) is 11.3 Å². The SMILES string of the molecule is N#Cc1cc(SNc2nccs2)ccc1Oc1ccc(-c2ccncc2)nc1-c1ccoc1. The number of anilines is 1. The first-order chi connectivity index (χ1) is 16.3. The van der Waals surface area contributed by atoms with Crippen LogP contribution in [0.2, 0.25) is 0 Å². The Labute approximate surface area is 197 Å². The third kappa shape index (κ3) is 4.72. The van der Waals surface area contributed by atoms with E-state index in [9.17, 15) is 5.26 Å². The monoisotopic (exact) mass is 469 g/mol. The second-order valence-electron chi connectivity index (χ2n) is 6.70. The van der Waals surface area contributed by atoms with E-state index in [2.05, 4.69) is 20.8 Å². The highest BCUT2D eigenvalue weighted by atomic mass is 32.2. The van der Waals surface area contributed by atoms with Crippen molar-refractivity contribution in [1.82, 2.24) is 15.0 Å². The number of hydrogen-bond donors (Lipinski definition) is 1. The van der Waals surface area contributed by atoms with Gasteiger partial charge in [0.1, 0.15) is 17.5 Å². The molecule has 0 aliphatic rings. The van der Waals surface area contributed by atoms with Crippen molar-refractivity contribution < 1.29 is 9.15 Å². The molecule has 33 heavy (non-hydrogen) atoms. The second-order valence-corrected chi connectivity index (χ2v) is 8.48. The summed E-state index contributed by atoms with van der Waals surface area (Å²) in [5, 5.41) is 12.4. The average molecular weight is 470 g/mol. The standard InChI is InChI=1S/C24H15N5O2S2/c25-14-18-13-19(33-29-24-27-10-12-32-24)1-3-21(18)31-22-4-2-20(16-5-8-26-9-6-16)28-23(22)17-7-11-30-15-17/h1-13,15H,(H,27,29). The number of nitrogens with zero attached hydrogens (tertiary/aromatic N) is 4. The minimum Gasteiger partial charge on any atom is -0.472 e. The molecule has 160 valence electrons. The number of furan rings is 1. The topological polar surface area (TPSA) is 96.9 Å². The lowest BCUT2D eigenvalue weighted by Gasteiger charge is -2.13. The lowest BCUT2D eigenvalue weighted by molar-refractivity contribution is 0.480. The highest BCUT2D eigenvalue weighted by Gasteiger charge is 2.15. The smallest absolute Gasteiger partial charge is 0.192 e. The Balaban J connectivity index is 1.45. The molecule has 0 spiro atoms. The number of thiazole rings is 1. The molecule has 0 bridgehead atoms. The number of pyridine rings is 2. The molecule has 7 nitrogen and oxygen atoms in total. The van der Waals surface area contributed by atoms with Gasteiger partial charge in [-0.25, -0.2) is 9.97 Å². The fourth-order valence-electron chi connectivity index (χ4n) is 3.06. The van der Waals surface area contributed by atoms with Crippen LogP contribution in [0.3, 0.4) is 0 Å². The summed E-state index contributed by atoms with van der Waals surface area (Å²) < 4.78 is 14.6. The predicted octanol–water partition coefficient (Wildman–Crippen LogP) is 6.64. The third-order valence-corrected chi connectivity index (χ3v) is 6.21. The van der Waals surface area contributed by atoms with Crippen molar-refractivity contribution >= 4 is 28.4 Å². The van der Waals surface area contributed by atoms with Gasteiger partial charge in [-0.3, -0.25) is 4.98 Å². The van der Waals surface area contributed by atoms with Crippen molar-refractivity contribution in [2.75, 3.05) is 4.72 Å². The predicted molar refractivity (Wildman–Crippen MR) is 128 cm³/mol. The van der Waals surface area contributed by atoms with Crippen LogP contribution < -0.4 is 9.46 Å². The van der Waals surface area contributed by atoms with Crippen molar-refractivity contribution in [1.29, 1.82) is 5.26 Å². The minimum absolute atomic E-state index is 0.414. The summed E-state index contributed by atoms with van der Waals surface area (Å²) in [4.78, 5) is 13.9. The van der Waals surface area contributed by atoms with Gasteiger partial charge < -0.3 is 13.9 Å². The van der Waals surface area contributed by atoms with E-state index in [1.807, 2.05) is 41.8 Å². The molecular formula is C24H15N5O2S2. The summed E-state index contributed by atoms with van der Waals surface area (Å²) in [6.45, 7) is 0. The number of nitrogens with one attached hydrogen (secondary N) is 1. The van der Waals surface area contributed by atoms with E-state index in [1.165, 1.54) is 23.3 Å². The van der Waals surface area contributed by atoms with Crippen LogP contribution in [0.4, 0.5) is 5.13 Å². The maximum atomic E-state index is 9.71. The van der Waals surface area contributed by atoms with Gasteiger partial charge in [0.2, 0.25) is 0 Å². The van der Waals surface area contributed by atoms with Crippen LogP contribution in [0.25, 0.3) is 22.5 Å². The number of hydrogen-bond acceptors (Lipinski definition) is 9. The summed E-state index contributed by atoms with van der Waals surface area (Å²) in [6, 6.07) is 17.0. The molecule has 0 atom stereocenters. The third-order valence-electron chi connectivity index (χ3n) is 4.61. The molecule has 5 rings (SSSR count). The molecule has 5 aromatic rings. The van der Waals surface area contributed by atoms with E-state index < -0.39 is 0 Å². The lowest BCUT2D eigenvalue weighted by Crippen LogP contribution is -1.95. The molecule has 1 aromatic carbocycles. The molecular weight excluding hydrogens is 454 g/mol. The summed E-state index contributed by atoms with van der Waals surface area (Å²) in [5.41, 5.74) is 3.52. The number of nitriles is 1.